The van der Waals surface area contributed by atoms with Crippen molar-refractivity contribution in [3.63, 3.8) is 0 Å². The second-order valence-electron chi connectivity index (χ2n) is 6.33. The highest BCUT2D eigenvalue weighted by molar-refractivity contribution is 8.14. The number of para-hydroxylation sites is 1. The highest BCUT2D eigenvalue weighted by Crippen LogP contribution is 2.27. The number of hydrogen-bond acceptors (Lipinski definition) is 3. The van der Waals surface area contributed by atoms with Crippen molar-refractivity contribution in [2.24, 2.45) is 4.99 Å². The summed E-state index contributed by atoms with van der Waals surface area (Å²) in [6, 6.07) is 26.4. The van der Waals surface area contributed by atoms with Crippen molar-refractivity contribution in [3.8, 4) is 5.75 Å². The van der Waals surface area contributed by atoms with E-state index in [1.165, 1.54) is 11.1 Å². The average molecular weight is 374 g/mol. The van der Waals surface area contributed by atoms with Crippen LogP contribution in [0.1, 0.15) is 18.1 Å². The number of aryl methyl sites for hydroxylation is 2. The minimum Gasteiger partial charge on any atom is -0.465 e. The summed E-state index contributed by atoms with van der Waals surface area (Å²) in [7, 11) is 0. The number of aliphatic imine (C=N–C) groups is 1. The largest absolute Gasteiger partial charge is 0.465 e. The van der Waals surface area contributed by atoms with Crippen LogP contribution in [0.2, 0.25) is 0 Å². The van der Waals surface area contributed by atoms with Crippen LogP contribution in [0, 0.1) is 13.8 Å². The molecule has 0 saturated heterocycles. The standard InChI is InChI=1S/C24H23NOS/c1-18-14-15-22(16-19(18)2)26-17-20(3)24(25-21-10-6-4-7-11-21)27-23-12-8-5-9-13-23/h4-17H,1-3H3. The van der Waals surface area contributed by atoms with Gasteiger partial charge in [-0.15, -0.1) is 0 Å². The molecule has 0 spiro atoms. The van der Waals surface area contributed by atoms with Crippen LogP contribution < -0.4 is 4.74 Å². The molecule has 3 heteroatoms. The van der Waals surface area contributed by atoms with Crippen LogP contribution in [0.25, 0.3) is 0 Å². The highest BCUT2D eigenvalue weighted by Gasteiger charge is 2.07. The quantitative estimate of drug-likeness (QED) is 0.206. The van der Waals surface area contributed by atoms with Crippen molar-refractivity contribution in [2.75, 3.05) is 0 Å². The van der Waals surface area contributed by atoms with Gasteiger partial charge >= 0.3 is 0 Å². The van der Waals surface area contributed by atoms with E-state index in [1.807, 2.05) is 61.5 Å². The Morgan fingerprint density at radius 1 is 0.852 bits per heavy atom. The van der Waals surface area contributed by atoms with Crippen LogP contribution in [0.3, 0.4) is 0 Å². The Morgan fingerprint density at radius 3 is 2.19 bits per heavy atom. The Kier molecular flexibility index (Phi) is 6.50. The van der Waals surface area contributed by atoms with E-state index in [9.17, 15) is 0 Å². The summed E-state index contributed by atoms with van der Waals surface area (Å²) in [5, 5.41) is 0.913. The van der Waals surface area contributed by atoms with Gasteiger partial charge in [0, 0.05) is 10.5 Å². The number of nitrogens with zero attached hydrogens (tertiary/aromatic N) is 1. The van der Waals surface area contributed by atoms with E-state index < -0.39 is 0 Å². The van der Waals surface area contributed by atoms with Gasteiger partial charge in [0.05, 0.1) is 11.9 Å². The predicted octanol–water partition coefficient (Wildman–Crippen LogP) is 7.11. The molecule has 2 nitrogen and oxygen atoms in total. The summed E-state index contributed by atoms with van der Waals surface area (Å²) in [6.45, 7) is 6.21. The van der Waals surface area contributed by atoms with Crippen LogP contribution in [-0.2, 0) is 0 Å². The zero-order valence-electron chi connectivity index (χ0n) is 15.8. The summed E-state index contributed by atoms with van der Waals surface area (Å²) in [4.78, 5) is 5.97. The zero-order chi connectivity index (χ0) is 19.1. The third-order valence-electron chi connectivity index (χ3n) is 4.13. The molecule has 0 fully saturated rings. The predicted molar refractivity (Wildman–Crippen MR) is 116 cm³/mol. The third kappa shape index (κ3) is 5.60. The molecule has 0 heterocycles. The number of thioether (sulfide) groups is 1. The van der Waals surface area contributed by atoms with Gasteiger partial charge in [0.25, 0.3) is 0 Å². The van der Waals surface area contributed by atoms with Gasteiger partial charge in [0.2, 0.25) is 0 Å². The highest BCUT2D eigenvalue weighted by atomic mass is 32.2. The average Bonchev–Trinajstić information content (AvgIpc) is 2.70. The van der Waals surface area contributed by atoms with Crippen molar-refractivity contribution in [3.05, 3.63) is 102 Å². The lowest BCUT2D eigenvalue weighted by molar-refractivity contribution is 0.478. The van der Waals surface area contributed by atoms with Crippen molar-refractivity contribution in [1.82, 2.24) is 0 Å². The zero-order valence-corrected chi connectivity index (χ0v) is 16.7. The normalized spacial score (nSPS) is 12.1. The van der Waals surface area contributed by atoms with Gasteiger partial charge in [0.15, 0.2) is 0 Å². The smallest absolute Gasteiger partial charge is 0.126 e. The lowest BCUT2D eigenvalue weighted by atomic mass is 10.1. The maximum atomic E-state index is 5.90. The molecular weight excluding hydrogens is 350 g/mol. The van der Waals surface area contributed by atoms with Crippen LogP contribution in [0.15, 0.2) is 101 Å². The molecule has 0 aliphatic rings. The first-order valence-electron chi connectivity index (χ1n) is 8.89. The molecule has 3 aromatic rings. The number of rotatable bonds is 5. The Balaban J connectivity index is 1.86. The molecule has 0 amide bonds. The number of benzene rings is 3. The monoisotopic (exact) mass is 373 g/mol. The number of ether oxygens (including phenoxy) is 1. The van der Waals surface area contributed by atoms with Crippen molar-refractivity contribution in [2.45, 2.75) is 25.7 Å². The Morgan fingerprint density at radius 2 is 1.52 bits per heavy atom. The summed E-state index contributed by atoms with van der Waals surface area (Å²) in [5.74, 6) is 0.834. The van der Waals surface area contributed by atoms with E-state index >= 15 is 0 Å². The van der Waals surface area contributed by atoms with Crippen LogP contribution in [0.4, 0.5) is 5.69 Å². The first kappa shape index (κ1) is 19.0. The summed E-state index contributed by atoms with van der Waals surface area (Å²) in [5.41, 5.74) is 4.38. The van der Waals surface area contributed by atoms with E-state index in [4.69, 9.17) is 9.73 Å². The van der Waals surface area contributed by atoms with Crippen molar-refractivity contribution >= 4 is 22.5 Å². The minimum absolute atomic E-state index is 0.834. The fraction of sp³-hybridized carbons (Fsp3) is 0.125. The Hall–Kier alpha value is -2.78. The van der Waals surface area contributed by atoms with Crippen molar-refractivity contribution < 1.29 is 4.74 Å². The van der Waals surface area contributed by atoms with E-state index in [0.717, 1.165) is 26.9 Å². The lowest BCUT2D eigenvalue weighted by Gasteiger charge is -2.09. The molecule has 136 valence electrons. The van der Waals surface area contributed by atoms with Gasteiger partial charge in [-0.1, -0.05) is 54.2 Å². The first-order chi connectivity index (χ1) is 13.1. The molecule has 3 aromatic carbocycles. The maximum absolute atomic E-state index is 5.90. The van der Waals surface area contributed by atoms with Crippen LogP contribution >= 0.6 is 11.8 Å². The van der Waals surface area contributed by atoms with Crippen LogP contribution in [-0.4, -0.2) is 5.04 Å². The molecule has 0 bridgehead atoms. The molecule has 27 heavy (non-hydrogen) atoms. The van der Waals surface area contributed by atoms with E-state index in [-0.39, 0.29) is 0 Å². The summed E-state index contributed by atoms with van der Waals surface area (Å²) in [6.07, 6.45) is 1.78. The van der Waals surface area contributed by atoms with E-state index in [1.54, 1.807) is 18.0 Å². The topological polar surface area (TPSA) is 21.6 Å². The summed E-state index contributed by atoms with van der Waals surface area (Å²) < 4.78 is 5.90. The molecule has 3 rings (SSSR count). The Labute approximate surface area is 165 Å². The third-order valence-corrected chi connectivity index (χ3v) is 5.25. The molecule has 0 saturated carbocycles. The molecule has 0 atom stereocenters. The van der Waals surface area contributed by atoms with Crippen molar-refractivity contribution in [1.29, 1.82) is 0 Å². The number of hydrogen-bond donors (Lipinski definition) is 0. The molecule has 0 aliphatic heterocycles. The summed E-state index contributed by atoms with van der Waals surface area (Å²) >= 11 is 1.63. The SMILES string of the molecule is CC(=COc1ccc(C)c(C)c1)C(=Nc1ccccc1)Sc1ccccc1. The lowest BCUT2D eigenvalue weighted by Crippen LogP contribution is -1.97. The first-order valence-corrected chi connectivity index (χ1v) is 9.71. The second-order valence-corrected chi connectivity index (χ2v) is 7.39. The molecule has 0 N–H and O–H groups in total. The van der Waals surface area contributed by atoms with Gasteiger partial charge < -0.3 is 4.74 Å². The molecule has 0 unspecified atom stereocenters. The van der Waals surface area contributed by atoms with Gasteiger partial charge in [-0.3, -0.25) is 0 Å². The van der Waals surface area contributed by atoms with Crippen LogP contribution in [0.5, 0.6) is 5.75 Å². The molecular formula is C24H23NOS. The van der Waals surface area contributed by atoms with E-state index in [0.29, 0.717) is 0 Å². The van der Waals surface area contributed by atoms with Gasteiger partial charge in [-0.25, -0.2) is 4.99 Å². The molecule has 0 aliphatic carbocycles. The van der Waals surface area contributed by atoms with Gasteiger partial charge in [0.1, 0.15) is 10.8 Å². The van der Waals surface area contributed by atoms with E-state index in [2.05, 4.69) is 38.1 Å². The second kappa shape index (κ2) is 9.24. The fourth-order valence-corrected chi connectivity index (χ4v) is 3.28. The molecule has 0 radical (unpaired) electrons. The fourth-order valence-electron chi connectivity index (χ4n) is 2.41. The Bertz CT molecular complexity index is 947. The van der Waals surface area contributed by atoms with Gasteiger partial charge in [-0.05, 0) is 68.3 Å². The van der Waals surface area contributed by atoms with Gasteiger partial charge in [-0.2, -0.15) is 0 Å². The molecule has 0 aromatic heterocycles. The minimum atomic E-state index is 0.834. The maximum Gasteiger partial charge on any atom is 0.126 e.